The number of phenols is 2. The first kappa shape index (κ1) is 22.9. The number of carbonyl (C=O) groups is 1. The average Bonchev–Trinajstić information content (AvgIpc) is 3.61. The molecule has 0 radical (unpaired) electrons. The molecule has 2 N–H and O–H groups in total. The molecule has 0 bridgehead atoms. The first-order valence-electron chi connectivity index (χ1n) is 11.4. The van der Waals surface area contributed by atoms with Crippen molar-refractivity contribution in [2.75, 3.05) is 4.90 Å². The van der Waals surface area contributed by atoms with E-state index in [4.69, 9.17) is 0 Å². The molecule has 180 valence electrons. The molecule has 0 unspecified atom stereocenters. The molecule has 0 saturated heterocycles. The Morgan fingerprint density at radius 1 is 0.622 bits per heavy atom. The molecule has 4 aromatic carbocycles. The Bertz CT molecular complexity index is 1660. The zero-order valence-electron chi connectivity index (χ0n) is 19.3. The first-order chi connectivity index (χ1) is 18.1. The lowest BCUT2D eigenvalue weighted by molar-refractivity contribution is 0.112. The van der Waals surface area contributed by atoms with E-state index in [0.717, 1.165) is 55.9 Å². The predicted molar refractivity (Wildman–Crippen MR) is 150 cm³/mol. The number of hydrogen-bond acceptors (Lipinski definition) is 8. The van der Waals surface area contributed by atoms with Gasteiger partial charge in [-0.25, -0.2) is 0 Å². The van der Waals surface area contributed by atoms with Crippen LogP contribution >= 0.6 is 23.1 Å². The van der Waals surface area contributed by atoms with Gasteiger partial charge in [0.1, 0.15) is 22.5 Å². The van der Waals surface area contributed by atoms with Crippen LogP contribution in [-0.2, 0) is 0 Å². The van der Waals surface area contributed by atoms with Gasteiger partial charge in [-0.1, -0.05) is 24.3 Å². The number of phenolic OH excluding ortho intramolecular Hbond substituents is 2. The summed E-state index contributed by atoms with van der Waals surface area (Å²) in [6.07, 6.45) is 0.861. The lowest BCUT2D eigenvalue weighted by Gasteiger charge is -2.25. The molecular formula is C29H19N3O3S2. The Balaban J connectivity index is 1.40. The number of nitrogens with zero attached hydrogens (tertiary/aromatic N) is 3. The van der Waals surface area contributed by atoms with Crippen LogP contribution in [0, 0.1) is 0 Å². The monoisotopic (exact) mass is 521 g/mol. The van der Waals surface area contributed by atoms with Crippen LogP contribution in [0.25, 0.3) is 32.6 Å². The van der Waals surface area contributed by atoms with Crippen molar-refractivity contribution in [1.29, 1.82) is 0 Å². The van der Waals surface area contributed by atoms with Gasteiger partial charge in [-0.2, -0.15) is 8.75 Å². The minimum atomic E-state index is 0.194. The van der Waals surface area contributed by atoms with Gasteiger partial charge in [0.25, 0.3) is 0 Å². The zero-order valence-corrected chi connectivity index (χ0v) is 20.9. The molecule has 0 saturated carbocycles. The van der Waals surface area contributed by atoms with Gasteiger partial charge in [0, 0.05) is 33.1 Å². The third kappa shape index (κ3) is 4.33. The molecule has 0 fully saturated rings. The molecule has 0 aliphatic heterocycles. The van der Waals surface area contributed by atoms with Crippen molar-refractivity contribution < 1.29 is 15.0 Å². The van der Waals surface area contributed by atoms with Crippen LogP contribution in [-0.4, -0.2) is 25.2 Å². The molecule has 0 atom stereocenters. The summed E-state index contributed by atoms with van der Waals surface area (Å²) in [5.41, 5.74) is 7.26. The fraction of sp³-hybridized carbons (Fsp3) is 0. The summed E-state index contributed by atoms with van der Waals surface area (Å²) in [4.78, 5) is 14.9. The lowest BCUT2D eigenvalue weighted by atomic mass is 10.0. The zero-order chi connectivity index (χ0) is 25.4. The molecule has 6 aromatic rings. The quantitative estimate of drug-likeness (QED) is 0.218. The molecule has 0 aliphatic rings. The maximum absolute atomic E-state index is 11.1. The lowest BCUT2D eigenvalue weighted by Crippen LogP contribution is -2.09. The summed E-state index contributed by atoms with van der Waals surface area (Å²) in [5.74, 6) is 0.387. The number of benzene rings is 4. The molecule has 8 heteroatoms. The van der Waals surface area contributed by atoms with Crippen LogP contribution in [0.2, 0.25) is 0 Å². The highest BCUT2D eigenvalue weighted by Crippen LogP contribution is 2.39. The van der Waals surface area contributed by atoms with Crippen LogP contribution in [0.1, 0.15) is 9.67 Å². The second kappa shape index (κ2) is 9.50. The van der Waals surface area contributed by atoms with Crippen molar-refractivity contribution >= 4 is 57.4 Å². The average molecular weight is 522 g/mol. The number of thiophene rings is 1. The second-order valence-electron chi connectivity index (χ2n) is 8.36. The molecular weight excluding hydrogens is 502 g/mol. The van der Waals surface area contributed by atoms with Crippen LogP contribution in [0.5, 0.6) is 11.5 Å². The predicted octanol–water partition coefficient (Wildman–Crippen LogP) is 7.78. The van der Waals surface area contributed by atoms with Crippen molar-refractivity contribution in [1.82, 2.24) is 8.75 Å². The van der Waals surface area contributed by atoms with Crippen LogP contribution < -0.4 is 4.90 Å². The van der Waals surface area contributed by atoms with E-state index < -0.39 is 0 Å². The van der Waals surface area contributed by atoms with Gasteiger partial charge in [0.15, 0.2) is 6.29 Å². The summed E-state index contributed by atoms with van der Waals surface area (Å²) < 4.78 is 9.14. The molecule has 0 spiro atoms. The van der Waals surface area contributed by atoms with Crippen molar-refractivity contribution in [3.05, 3.63) is 102 Å². The number of aromatic hydroxyl groups is 2. The van der Waals surface area contributed by atoms with Gasteiger partial charge >= 0.3 is 0 Å². The summed E-state index contributed by atoms with van der Waals surface area (Å²) in [6, 6.07) is 30.0. The van der Waals surface area contributed by atoms with Crippen LogP contribution in [0.15, 0.2) is 97.1 Å². The maximum atomic E-state index is 11.1. The molecule has 6 rings (SSSR count). The highest BCUT2D eigenvalue weighted by atomic mass is 32.1. The van der Waals surface area contributed by atoms with Gasteiger partial charge in [-0.3, -0.25) is 4.79 Å². The van der Waals surface area contributed by atoms with E-state index in [1.807, 2.05) is 77.7 Å². The van der Waals surface area contributed by atoms with E-state index in [9.17, 15) is 15.0 Å². The van der Waals surface area contributed by atoms with Gasteiger partial charge in [-0.05, 0) is 78.4 Å². The SMILES string of the molecule is O=Cc1ccc(-c2ccc(-c3ccc(N(c4ccc(O)cc4)c4ccc(O)cc4)cc3)c3nsnc23)s1. The van der Waals surface area contributed by atoms with Gasteiger partial charge in [0.2, 0.25) is 0 Å². The molecule has 6 nitrogen and oxygen atoms in total. The highest BCUT2D eigenvalue weighted by Gasteiger charge is 2.16. The maximum Gasteiger partial charge on any atom is 0.160 e. The number of anilines is 3. The van der Waals surface area contributed by atoms with E-state index in [1.165, 1.54) is 23.1 Å². The Hall–Kier alpha value is -4.53. The summed E-state index contributed by atoms with van der Waals surface area (Å²) in [6.45, 7) is 0. The van der Waals surface area contributed by atoms with E-state index in [1.54, 1.807) is 24.3 Å². The van der Waals surface area contributed by atoms with Crippen molar-refractivity contribution in [3.8, 4) is 33.1 Å². The first-order valence-corrected chi connectivity index (χ1v) is 12.9. The summed E-state index contributed by atoms with van der Waals surface area (Å²) in [7, 11) is 0. The summed E-state index contributed by atoms with van der Waals surface area (Å²) >= 11 is 2.61. The number of aromatic nitrogens is 2. The number of carbonyl (C=O) groups excluding carboxylic acids is 1. The van der Waals surface area contributed by atoms with Gasteiger partial charge in [0.05, 0.1) is 16.6 Å². The minimum absolute atomic E-state index is 0.194. The van der Waals surface area contributed by atoms with E-state index in [-0.39, 0.29) is 11.5 Å². The largest absolute Gasteiger partial charge is 0.508 e. The Kier molecular flexibility index (Phi) is 5.88. The third-order valence-corrected chi connectivity index (χ3v) is 7.65. The number of hydrogen-bond donors (Lipinski definition) is 2. The van der Waals surface area contributed by atoms with Gasteiger partial charge < -0.3 is 15.1 Å². The Morgan fingerprint density at radius 2 is 1.14 bits per heavy atom. The highest BCUT2D eigenvalue weighted by molar-refractivity contribution is 7.17. The fourth-order valence-electron chi connectivity index (χ4n) is 4.30. The number of aldehydes is 1. The van der Waals surface area contributed by atoms with Crippen molar-refractivity contribution in [2.45, 2.75) is 0 Å². The molecule has 2 heterocycles. The second-order valence-corrected chi connectivity index (χ2v) is 10.0. The smallest absolute Gasteiger partial charge is 0.160 e. The number of rotatable bonds is 6. The normalized spacial score (nSPS) is 11.0. The topological polar surface area (TPSA) is 86.6 Å². The van der Waals surface area contributed by atoms with Crippen molar-refractivity contribution in [3.63, 3.8) is 0 Å². The standard InChI is InChI=1S/C29H19N3O3S2/c33-17-24-13-16-27(36-24)26-15-14-25(28-29(26)31-37-30-28)18-1-3-19(4-2-18)32(20-5-9-22(34)10-6-20)21-7-11-23(35)12-8-21/h1-17,34-35H. The number of fused-ring (bicyclic) bond motifs is 1. The molecule has 0 amide bonds. The molecule has 37 heavy (non-hydrogen) atoms. The van der Waals surface area contributed by atoms with Crippen LogP contribution in [0.3, 0.4) is 0 Å². The summed E-state index contributed by atoms with van der Waals surface area (Å²) in [5, 5.41) is 19.6. The van der Waals surface area contributed by atoms with E-state index >= 15 is 0 Å². The van der Waals surface area contributed by atoms with Gasteiger partial charge in [-0.15, -0.1) is 11.3 Å². The minimum Gasteiger partial charge on any atom is -0.508 e. The van der Waals surface area contributed by atoms with Crippen LogP contribution in [0.4, 0.5) is 17.1 Å². The molecule has 2 aromatic heterocycles. The third-order valence-electron chi connectivity index (χ3n) is 6.08. The van der Waals surface area contributed by atoms with E-state index in [2.05, 4.69) is 8.75 Å². The Morgan fingerprint density at radius 3 is 1.68 bits per heavy atom. The van der Waals surface area contributed by atoms with Crippen molar-refractivity contribution in [2.24, 2.45) is 0 Å². The fourth-order valence-corrected chi connectivity index (χ4v) is 5.72. The molecule has 0 aliphatic carbocycles. The van der Waals surface area contributed by atoms with E-state index in [0.29, 0.717) is 4.88 Å². The Labute approximate surface area is 220 Å².